The zero-order chi connectivity index (χ0) is 22.2. The third kappa shape index (κ3) is 4.44. The average Bonchev–Trinajstić information content (AvgIpc) is 2.96. The van der Waals surface area contributed by atoms with E-state index in [-0.39, 0.29) is 5.75 Å². The van der Waals surface area contributed by atoms with Gasteiger partial charge in [0.25, 0.3) is 0 Å². The van der Waals surface area contributed by atoms with Crippen molar-refractivity contribution >= 4 is 21.6 Å². The number of carbonyl (C=O) groups excluding carboxylic acids is 1. The van der Waals surface area contributed by atoms with E-state index in [2.05, 4.69) is 10.2 Å². The van der Waals surface area contributed by atoms with Crippen molar-refractivity contribution in [3.63, 3.8) is 0 Å². The Balaban J connectivity index is 2.36. The number of alkyl halides is 6. The Morgan fingerprint density at radius 1 is 1.10 bits per heavy atom. The van der Waals surface area contributed by atoms with E-state index in [0.717, 1.165) is 31.3 Å². The molecule has 2 rings (SSSR count). The lowest BCUT2D eigenvalue weighted by atomic mass is 10.3. The lowest BCUT2D eigenvalue weighted by Crippen LogP contribution is -2.44. The van der Waals surface area contributed by atoms with Crippen LogP contribution in [0.5, 0.6) is 11.8 Å². The molecule has 0 atom stereocenters. The van der Waals surface area contributed by atoms with Crippen LogP contribution in [0.3, 0.4) is 0 Å². The van der Waals surface area contributed by atoms with Gasteiger partial charge in [0.1, 0.15) is 5.75 Å². The standard InChI is InChI=1S/C14H12F6N4O4S/c1-3-10(25)24(29(26,27)14(18,19)20)8-4-6-9(7-5-8)28-12-22-21-11(23(12)2)13(15,16)17/h4-7H,3H2,1-2H3. The van der Waals surface area contributed by atoms with Crippen LogP contribution in [0.2, 0.25) is 0 Å². The van der Waals surface area contributed by atoms with Crippen molar-refractivity contribution in [2.45, 2.75) is 25.0 Å². The van der Waals surface area contributed by atoms with Gasteiger partial charge in [-0.15, -0.1) is 5.10 Å². The topological polar surface area (TPSA) is 94.4 Å². The quantitative estimate of drug-likeness (QED) is 0.655. The highest BCUT2D eigenvalue weighted by atomic mass is 32.2. The SMILES string of the molecule is CCC(=O)N(c1ccc(Oc2nnc(C(F)(F)F)n2C)cc1)S(=O)(=O)C(F)(F)F. The predicted molar refractivity (Wildman–Crippen MR) is 85.3 cm³/mol. The Bertz CT molecular complexity index is 999. The maximum absolute atomic E-state index is 12.9. The first-order valence-electron chi connectivity index (χ1n) is 7.59. The van der Waals surface area contributed by atoms with Gasteiger partial charge in [-0.05, 0) is 24.3 Å². The molecule has 0 fully saturated rings. The molecule has 2 aromatic rings. The molecule has 0 aliphatic carbocycles. The van der Waals surface area contributed by atoms with Crippen LogP contribution in [0.15, 0.2) is 24.3 Å². The van der Waals surface area contributed by atoms with E-state index >= 15 is 0 Å². The predicted octanol–water partition coefficient (Wildman–Crippen LogP) is 3.22. The highest BCUT2D eigenvalue weighted by molar-refractivity contribution is 7.94. The van der Waals surface area contributed by atoms with Gasteiger partial charge in [0.05, 0.1) is 5.69 Å². The highest BCUT2D eigenvalue weighted by Crippen LogP contribution is 2.34. The van der Waals surface area contributed by atoms with Gasteiger partial charge in [0, 0.05) is 13.5 Å². The lowest BCUT2D eigenvalue weighted by Gasteiger charge is -2.23. The Morgan fingerprint density at radius 2 is 1.66 bits per heavy atom. The van der Waals surface area contributed by atoms with Crippen LogP contribution in [-0.2, 0) is 28.0 Å². The van der Waals surface area contributed by atoms with Crippen molar-refractivity contribution in [3.8, 4) is 11.8 Å². The van der Waals surface area contributed by atoms with Gasteiger partial charge in [-0.25, -0.2) is 0 Å². The third-order valence-electron chi connectivity index (χ3n) is 3.43. The summed E-state index contributed by atoms with van der Waals surface area (Å²) >= 11 is 0. The summed E-state index contributed by atoms with van der Waals surface area (Å²) in [7, 11) is -5.03. The number of anilines is 1. The summed E-state index contributed by atoms with van der Waals surface area (Å²) in [6.07, 6.45) is -5.33. The van der Waals surface area contributed by atoms with Gasteiger partial charge in [0.2, 0.25) is 11.7 Å². The molecule has 0 bridgehead atoms. The number of nitrogens with zero attached hydrogens (tertiary/aromatic N) is 4. The molecule has 0 aliphatic heterocycles. The van der Waals surface area contributed by atoms with Gasteiger partial charge in [-0.2, -0.15) is 39.1 Å². The minimum absolute atomic E-state index is 0.189. The van der Waals surface area contributed by atoms with Crippen LogP contribution in [-0.4, -0.2) is 34.6 Å². The fourth-order valence-electron chi connectivity index (χ4n) is 2.07. The van der Waals surface area contributed by atoms with E-state index in [1.54, 1.807) is 0 Å². The number of benzene rings is 1. The molecular weight excluding hydrogens is 434 g/mol. The molecule has 29 heavy (non-hydrogen) atoms. The first-order chi connectivity index (χ1) is 13.2. The maximum atomic E-state index is 12.9. The summed E-state index contributed by atoms with van der Waals surface area (Å²) in [4.78, 5) is 11.8. The van der Waals surface area contributed by atoms with Crippen LogP contribution >= 0.6 is 0 Å². The lowest BCUT2D eigenvalue weighted by molar-refractivity contribution is -0.147. The fourth-order valence-corrected chi connectivity index (χ4v) is 3.07. The van der Waals surface area contributed by atoms with E-state index in [9.17, 15) is 39.6 Å². The second-order valence-corrected chi connectivity index (χ2v) is 7.20. The number of sulfonamides is 1. The Morgan fingerprint density at radius 3 is 2.07 bits per heavy atom. The Labute approximate surface area is 159 Å². The van der Waals surface area contributed by atoms with E-state index in [0.29, 0.717) is 4.57 Å². The van der Waals surface area contributed by atoms with E-state index in [1.165, 1.54) is 6.92 Å². The molecule has 8 nitrogen and oxygen atoms in total. The first-order valence-corrected chi connectivity index (χ1v) is 9.03. The molecule has 0 saturated heterocycles. The van der Waals surface area contributed by atoms with Crippen molar-refractivity contribution in [2.24, 2.45) is 7.05 Å². The second-order valence-electron chi connectivity index (χ2n) is 5.42. The minimum Gasteiger partial charge on any atom is -0.424 e. The number of hydrogen-bond acceptors (Lipinski definition) is 6. The number of rotatable bonds is 5. The highest BCUT2D eigenvalue weighted by Gasteiger charge is 2.52. The number of carbonyl (C=O) groups is 1. The molecule has 0 aliphatic rings. The summed E-state index contributed by atoms with van der Waals surface area (Å²) in [5.74, 6) is -2.87. The molecule has 160 valence electrons. The molecule has 1 aromatic heterocycles. The number of aromatic nitrogens is 3. The zero-order valence-corrected chi connectivity index (χ0v) is 15.4. The van der Waals surface area contributed by atoms with Crippen molar-refractivity contribution < 1.29 is 44.3 Å². The third-order valence-corrected chi connectivity index (χ3v) is 4.91. The second kappa shape index (κ2) is 7.53. The van der Waals surface area contributed by atoms with Crippen molar-refractivity contribution in [1.82, 2.24) is 14.8 Å². The van der Waals surface area contributed by atoms with E-state index < -0.39 is 55.9 Å². The molecule has 15 heteroatoms. The molecule has 0 unspecified atom stereocenters. The largest absolute Gasteiger partial charge is 0.517 e. The van der Waals surface area contributed by atoms with Crippen molar-refractivity contribution in [2.75, 3.05) is 4.31 Å². The normalized spacial score (nSPS) is 12.7. The van der Waals surface area contributed by atoms with Crippen molar-refractivity contribution in [1.29, 1.82) is 0 Å². The number of amides is 1. The number of ether oxygens (including phenoxy) is 1. The maximum Gasteiger partial charge on any atom is 0.517 e. The van der Waals surface area contributed by atoms with Gasteiger partial charge >= 0.3 is 27.7 Å². The summed E-state index contributed by atoms with van der Waals surface area (Å²) in [5, 5.41) is 6.14. The summed E-state index contributed by atoms with van der Waals surface area (Å²) < 4.78 is 105. The van der Waals surface area contributed by atoms with Crippen LogP contribution in [0, 0.1) is 0 Å². The molecule has 1 amide bonds. The summed E-state index contributed by atoms with van der Waals surface area (Å²) in [6, 6.07) is 2.99. The summed E-state index contributed by atoms with van der Waals surface area (Å²) in [6.45, 7) is 1.17. The summed E-state index contributed by atoms with van der Waals surface area (Å²) in [5.41, 5.74) is -6.35. The molecule has 0 saturated carbocycles. The van der Waals surface area contributed by atoms with Crippen LogP contribution in [0.4, 0.5) is 32.0 Å². The van der Waals surface area contributed by atoms with Gasteiger partial charge < -0.3 is 4.74 Å². The molecule has 0 radical (unpaired) electrons. The Hall–Kier alpha value is -2.84. The van der Waals surface area contributed by atoms with Crippen LogP contribution in [0.1, 0.15) is 19.2 Å². The molecular formula is C14H12F6N4O4S. The van der Waals surface area contributed by atoms with Gasteiger partial charge in [-0.3, -0.25) is 9.36 Å². The zero-order valence-electron chi connectivity index (χ0n) is 14.6. The number of halogens is 6. The minimum atomic E-state index is -6.00. The molecule has 0 spiro atoms. The van der Waals surface area contributed by atoms with E-state index in [4.69, 9.17) is 4.74 Å². The number of hydrogen-bond donors (Lipinski definition) is 0. The molecule has 0 N–H and O–H groups in total. The van der Waals surface area contributed by atoms with Gasteiger partial charge in [0.15, 0.2) is 0 Å². The molecule has 1 heterocycles. The average molecular weight is 446 g/mol. The Kier molecular flexibility index (Phi) is 5.83. The van der Waals surface area contributed by atoms with Crippen LogP contribution in [0.25, 0.3) is 0 Å². The monoisotopic (exact) mass is 446 g/mol. The first kappa shape index (κ1) is 22.4. The molecule has 1 aromatic carbocycles. The smallest absolute Gasteiger partial charge is 0.424 e. The van der Waals surface area contributed by atoms with Crippen molar-refractivity contribution in [3.05, 3.63) is 30.1 Å². The van der Waals surface area contributed by atoms with Gasteiger partial charge in [-0.1, -0.05) is 12.0 Å². The van der Waals surface area contributed by atoms with Crippen LogP contribution < -0.4 is 9.04 Å². The van der Waals surface area contributed by atoms with E-state index in [1.807, 2.05) is 0 Å². The fraction of sp³-hybridized carbons (Fsp3) is 0.357.